The molecule has 1 aromatic rings. The molecule has 0 amide bonds. The molecule has 0 aromatic heterocycles. The van der Waals surface area contributed by atoms with Crippen LogP contribution in [0.3, 0.4) is 0 Å². The molecule has 2 nitrogen and oxygen atoms in total. The second kappa shape index (κ2) is 4.83. The quantitative estimate of drug-likeness (QED) is 0.856. The Balaban J connectivity index is 2.95. The van der Waals surface area contributed by atoms with Crippen LogP contribution in [0.5, 0.6) is 5.75 Å². The highest BCUT2D eigenvalue weighted by atomic mass is 19.1. The van der Waals surface area contributed by atoms with Crippen molar-refractivity contribution < 1.29 is 9.13 Å². The Kier molecular flexibility index (Phi) is 3.92. The Hall–Kier alpha value is -1.09. The minimum absolute atomic E-state index is 0.0783. The van der Waals surface area contributed by atoms with Gasteiger partial charge in [0.05, 0.1) is 7.11 Å². The van der Waals surface area contributed by atoms with E-state index in [1.54, 1.807) is 18.2 Å². The summed E-state index contributed by atoms with van der Waals surface area (Å²) in [6.45, 7) is 6.26. The lowest BCUT2D eigenvalue weighted by Crippen LogP contribution is -2.20. The molecule has 1 aromatic carbocycles. The molecule has 0 aliphatic rings. The smallest absolute Gasteiger partial charge is 0.169 e. The van der Waals surface area contributed by atoms with E-state index in [1.807, 2.05) is 0 Å². The summed E-state index contributed by atoms with van der Waals surface area (Å²) in [6, 6.07) is 4.78. The summed E-state index contributed by atoms with van der Waals surface area (Å²) < 4.78 is 18.8. The number of nitrogens with two attached hydrogens (primary N) is 1. The van der Waals surface area contributed by atoms with Crippen LogP contribution in [-0.2, 0) is 0 Å². The normalized spacial score (nSPS) is 13.6. The molecular formula is C13H20FNO. The van der Waals surface area contributed by atoms with E-state index >= 15 is 0 Å². The van der Waals surface area contributed by atoms with E-state index in [-0.39, 0.29) is 23.0 Å². The van der Waals surface area contributed by atoms with Gasteiger partial charge in [-0.1, -0.05) is 32.9 Å². The Labute approximate surface area is 96.6 Å². The van der Waals surface area contributed by atoms with E-state index in [0.29, 0.717) is 5.56 Å². The first-order valence-corrected chi connectivity index (χ1v) is 5.43. The summed E-state index contributed by atoms with van der Waals surface area (Å²) in [5, 5.41) is 0. The zero-order chi connectivity index (χ0) is 12.3. The van der Waals surface area contributed by atoms with Crippen molar-refractivity contribution in [2.45, 2.75) is 33.2 Å². The number of benzene rings is 1. The molecule has 0 spiro atoms. The summed E-state index contributed by atoms with van der Waals surface area (Å²) in [7, 11) is 1.46. The predicted octanol–water partition coefficient (Wildman–Crippen LogP) is 3.27. The van der Waals surface area contributed by atoms with Crippen LogP contribution in [0.15, 0.2) is 18.2 Å². The topological polar surface area (TPSA) is 35.2 Å². The first kappa shape index (κ1) is 13.0. The molecule has 0 saturated heterocycles. The van der Waals surface area contributed by atoms with Crippen molar-refractivity contribution in [1.29, 1.82) is 0 Å². The number of ether oxygens (including phenoxy) is 1. The lowest BCUT2D eigenvalue weighted by molar-refractivity contribution is 0.333. The molecule has 0 bridgehead atoms. The van der Waals surface area contributed by atoms with Gasteiger partial charge in [0.1, 0.15) is 0 Å². The van der Waals surface area contributed by atoms with Crippen LogP contribution in [0.4, 0.5) is 4.39 Å². The lowest BCUT2D eigenvalue weighted by atomic mass is 9.86. The highest BCUT2D eigenvalue weighted by molar-refractivity contribution is 5.32. The van der Waals surface area contributed by atoms with Crippen molar-refractivity contribution in [3.8, 4) is 5.75 Å². The molecule has 1 atom stereocenters. The zero-order valence-corrected chi connectivity index (χ0v) is 10.4. The van der Waals surface area contributed by atoms with E-state index in [9.17, 15) is 4.39 Å². The molecular weight excluding hydrogens is 205 g/mol. The van der Waals surface area contributed by atoms with Crippen LogP contribution in [0.25, 0.3) is 0 Å². The Morgan fingerprint density at radius 1 is 1.38 bits per heavy atom. The fraction of sp³-hybridized carbons (Fsp3) is 0.538. The molecule has 0 fully saturated rings. The molecule has 0 aliphatic carbocycles. The van der Waals surface area contributed by atoms with Crippen LogP contribution in [0.1, 0.15) is 38.8 Å². The fourth-order valence-electron chi connectivity index (χ4n) is 1.74. The lowest BCUT2D eigenvalue weighted by Gasteiger charge is -2.24. The molecule has 2 N–H and O–H groups in total. The van der Waals surface area contributed by atoms with Gasteiger partial charge < -0.3 is 10.5 Å². The molecule has 0 radical (unpaired) electrons. The number of rotatable bonds is 3. The molecule has 1 unspecified atom stereocenters. The molecule has 0 saturated carbocycles. The standard InChI is InChI=1S/C13H20FNO/c1-13(2,3)8-10(15)9-6-5-7-11(16-4)12(9)14/h5-7,10H,8,15H2,1-4H3. The summed E-state index contributed by atoms with van der Waals surface area (Å²) in [6.07, 6.45) is 0.733. The molecule has 1 rings (SSSR count). The SMILES string of the molecule is COc1cccc(C(N)CC(C)(C)C)c1F. The highest BCUT2D eigenvalue weighted by Crippen LogP contribution is 2.31. The van der Waals surface area contributed by atoms with Crippen LogP contribution >= 0.6 is 0 Å². The number of hydrogen-bond acceptors (Lipinski definition) is 2. The number of halogens is 1. The second-order valence-corrected chi connectivity index (χ2v) is 5.23. The first-order valence-electron chi connectivity index (χ1n) is 5.43. The van der Waals surface area contributed by atoms with Gasteiger partial charge >= 0.3 is 0 Å². The van der Waals surface area contributed by atoms with Crippen LogP contribution in [0.2, 0.25) is 0 Å². The second-order valence-electron chi connectivity index (χ2n) is 5.23. The van der Waals surface area contributed by atoms with Crippen molar-refractivity contribution in [3.05, 3.63) is 29.6 Å². The first-order chi connectivity index (χ1) is 7.35. The van der Waals surface area contributed by atoms with Gasteiger partial charge in [0, 0.05) is 11.6 Å². The summed E-state index contributed by atoms with van der Waals surface area (Å²) in [5.41, 5.74) is 6.61. The van der Waals surface area contributed by atoms with Crippen LogP contribution in [-0.4, -0.2) is 7.11 Å². The van der Waals surface area contributed by atoms with Crippen LogP contribution in [0, 0.1) is 11.2 Å². The van der Waals surface area contributed by atoms with E-state index in [1.165, 1.54) is 7.11 Å². The van der Waals surface area contributed by atoms with Gasteiger partial charge in [-0.25, -0.2) is 4.39 Å². The van der Waals surface area contributed by atoms with Crippen molar-refractivity contribution in [2.24, 2.45) is 11.1 Å². The van der Waals surface area contributed by atoms with Crippen LogP contribution < -0.4 is 10.5 Å². The average molecular weight is 225 g/mol. The van der Waals surface area contributed by atoms with Gasteiger partial charge in [-0.15, -0.1) is 0 Å². The average Bonchev–Trinajstić information content (AvgIpc) is 2.15. The van der Waals surface area contributed by atoms with Crippen molar-refractivity contribution >= 4 is 0 Å². The zero-order valence-electron chi connectivity index (χ0n) is 10.4. The maximum atomic E-state index is 13.9. The van der Waals surface area contributed by atoms with E-state index in [0.717, 1.165) is 6.42 Å². The van der Waals surface area contributed by atoms with Crippen molar-refractivity contribution in [1.82, 2.24) is 0 Å². The number of hydrogen-bond donors (Lipinski definition) is 1. The van der Waals surface area contributed by atoms with Gasteiger partial charge in [0.25, 0.3) is 0 Å². The molecule has 90 valence electrons. The predicted molar refractivity (Wildman–Crippen MR) is 64.0 cm³/mol. The third kappa shape index (κ3) is 3.20. The van der Waals surface area contributed by atoms with E-state index in [4.69, 9.17) is 10.5 Å². The van der Waals surface area contributed by atoms with Gasteiger partial charge in [-0.05, 0) is 17.9 Å². The molecule has 0 aliphatic heterocycles. The monoisotopic (exact) mass is 225 g/mol. The third-order valence-corrected chi connectivity index (χ3v) is 2.44. The highest BCUT2D eigenvalue weighted by Gasteiger charge is 2.20. The maximum absolute atomic E-state index is 13.9. The summed E-state index contributed by atoms with van der Waals surface area (Å²) >= 11 is 0. The Bertz CT molecular complexity index is 357. The maximum Gasteiger partial charge on any atom is 0.169 e. The summed E-state index contributed by atoms with van der Waals surface area (Å²) in [4.78, 5) is 0. The molecule has 0 heterocycles. The number of methoxy groups -OCH3 is 1. The fourth-order valence-corrected chi connectivity index (χ4v) is 1.74. The minimum atomic E-state index is -0.346. The Morgan fingerprint density at radius 2 is 2.00 bits per heavy atom. The summed E-state index contributed by atoms with van der Waals surface area (Å²) in [5.74, 6) is -0.0939. The largest absolute Gasteiger partial charge is 0.494 e. The van der Waals surface area contributed by atoms with E-state index in [2.05, 4.69) is 20.8 Å². The molecule has 3 heteroatoms. The Morgan fingerprint density at radius 3 is 2.50 bits per heavy atom. The van der Waals surface area contributed by atoms with Crippen molar-refractivity contribution in [3.63, 3.8) is 0 Å². The van der Waals surface area contributed by atoms with Gasteiger partial charge in [-0.3, -0.25) is 0 Å². The van der Waals surface area contributed by atoms with Gasteiger partial charge in [-0.2, -0.15) is 0 Å². The molecule has 16 heavy (non-hydrogen) atoms. The van der Waals surface area contributed by atoms with E-state index < -0.39 is 0 Å². The van der Waals surface area contributed by atoms with Crippen molar-refractivity contribution in [2.75, 3.05) is 7.11 Å². The minimum Gasteiger partial charge on any atom is -0.494 e. The van der Waals surface area contributed by atoms with Gasteiger partial charge in [0.2, 0.25) is 0 Å². The van der Waals surface area contributed by atoms with Gasteiger partial charge in [0.15, 0.2) is 11.6 Å². The third-order valence-electron chi connectivity index (χ3n) is 2.44.